The highest BCUT2D eigenvalue weighted by atomic mass is 35.5. The van der Waals surface area contributed by atoms with Crippen LogP contribution < -0.4 is 15.4 Å². The first kappa shape index (κ1) is 18.4. The van der Waals surface area contributed by atoms with E-state index in [1.807, 2.05) is 24.8 Å². The highest BCUT2D eigenvalue weighted by molar-refractivity contribution is 7.99. The Morgan fingerprint density at radius 1 is 1.57 bits per heavy atom. The Bertz CT molecular complexity index is 494. The van der Waals surface area contributed by atoms with Gasteiger partial charge in [0.25, 0.3) is 0 Å². The van der Waals surface area contributed by atoms with Gasteiger partial charge in [0.05, 0.1) is 12.8 Å². The van der Waals surface area contributed by atoms with Crippen molar-refractivity contribution in [2.75, 3.05) is 30.5 Å². The van der Waals surface area contributed by atoms with Crippen LogP contribution in [0, 0.1) is 6.92 Å². The van der Waals surface area contributed by atoms with Crippen LogP contribution in [0.1, 0.15) is 12.0 Å². The Kier molecular flexibility index (Phi) is 7.66. The summed E-state index contributed by atoms with van der Waals surface area (Å²) in [5, 5.41) is 6.89. The Hall–Kier alpha value is -0.620. The molecule has 1 unspecified atom stereocenters. The molecule has 4 nitrogen and oxygen atoms in total. The number of ether oxygens (including phenoxy) is 1. The van der Waals surface area contributed by atoms with E-state index in [0.29, 0.717) is 22.9 Å². The summed E-state index contributed by atoms with van der Waals surface area (Å²) in [5.74, 6) is 2.66. The Morgan fingerprint density at radius 3 is 2.95 bits per heavy atom. The van der Waals surface area contributed by atoms with Crippen LogP contribution >= 0.6 is 35.8 Å². The average molecular weight is 351 g/mol. The lowest BCUT2D eigenvalue weighted by atomic mass is 10.1. The maximum Gasteiger partial charge on any atom is 0.226 e. The van der Waals surface area contributed by atoms with Crippen molar-refractivity contribution in [3.05, 3.63) is 22.7 Å². The van der Waals surface area contributed by atoms with Crippen molar-refractivity contribution in [1.29, 1.82) is 0 Å². The second-order valence-corrected chi connectivity index (χ2v) is 6.34. The van der Waals surface area contributed by atoms with Gasteiger partial charge in [0.1, 0.15) is 5.75 Å². The van der Waals surface area contributed by atoms with Crippen LogP contribution in [0.5, 0.6) is 5.75 Å². The van der Waals surface area contributed by atoms with Gasteiger partial charge in [-0.25, -0.2) is 0 Å². The van der Waals surface area contributed by atoms with Gasteiger partial charge >= 0.3 is 0 Å². The topological polar surface area (TPSA) is 50.4 Å². The number of aryl methyl sites for hydroxylation is 1. The number of amides is 1. The van der Waals surface area contributed by atoms with Crippen molar-refractivity contribution < 1.29 is 9.53 Å². The molecule has 0 aliphatic carbocycles. The molecule has 21 heavy (non-hydrogen) atoms. The number of carbonyl (C=O) groups excluding carboxylic acids is 1. The number of hydrogen-bond donors (Lipinski definition) is 2. The standard InChI is InChI=1S/C14H19ClN2O2S.ClH/c1-9-5-12(13(19-2)7-11(9)15)17-14(18)6-10-8-20-4-3-16-10;/h5,7,10,16H,3-4,6,8H2,1-2H3,(H,17,18);1H. The zero-order valence-electron chi connectivity index (χ0n) is 12.1. The van der Waals surface area contributed by atoms with E-state index in [1.165, 1.54) is 0 Å². The SMILES string of the molecule is COc1cc(Cl)c(C)cc1NC(=O)CC1CSCCN1.Cl. The number of rotatable bonds is 4. The summed E-state index contributed by atoms with van der Waals surface area (Å²) in [6, 6.07) is 3.80. The molecule has 1 aliphatic heterocycles. The number of thioether (sulfide) groups is 1. The Morgan fingerprint density at radius 2 is 2.33 bits per heavy atom. The van der Waals surface area contributed by atoms with Gasteiger partial charge in [-0.1, -0.05) is 11.6 Å². The molecule has 0 saturated carbocycles. The molecule has 0 aromatic heterocycles. The minimum Gasteiger partial charge on any atom is -0.495 e. The molecule has 1 aromatic rings. The quantitative estimate of drug-likeness (QED) is 0.875. The highest BCUT2D eigenvalue weighted by Gasteiger charge is 2.18. The van der Waals surface area contributed by atoms with Crippen molar-refractivity contribution in [3.63, 3.8) is 0 Å². The van der Waals surface area contributed by atoms with Crippen LogP contribution in [0.4, 0.5) is 5.69 Å². The summed E-state index contributed by atoms with van der Waals surface area (Å²) in [4.78, 5) is 12.1. The number of hydrogen-bond acceptors (Lipinski definition) is 4. The third-order valence-corrected chi connectivity index (χ3v) is 4.72. The fourth-order valence-electron chi connectivity index (χ4n) is 2.11. The van der Waals surface area contributed by atoms with E-state index < -0.39 is 0 Å². The number of nitrogens with one attached hydrogen (secondary N) is 2. The molecule has 0 bridgehead atoms. The van der Waals surface area contributed by atoms with Gasteiger partial charge in [0.15, 0.2) is 0 Å². The van der Waals surface area contributed by atoms with Crippen LogP contribution in [0.2, 0.25) is 5.02 Å². The monoisotopic (exact) mass is 350 g/mol. The molecule has 1 fully saturated rings. The second-order valence-electron chi connectivity index (χ2n) is 4.78. The minimum absolute atomic E-state index is 0. The minimum atomic E-state index is -0.00924. The molecule has 1 saturated heterocycles. The van der Waals surface area contributed by atoms with Crippen LogP contribution in [0.3, 0.4) is 0 Å². The molecular weight excluding hydrogens is 331 g/mol. The number of halogens is 2. The normalized spacial score (nSPS) is 17.8. The molecule has 1 heterocycles. The predicted octanol–water partition coefficient (Wildman–Crippen LogP) is 3.11. The highest BCUT2D eigenvalue weighted by Crippen LogP contribution is 2.31. The summed E-state index contributed by atoms with van der Waals surface area (Å²) in [7, 11) is 1.57. The molecule has 0 spiro atoms. The fourth-order valence-corrected chi connectivity index (χ4v) is 3.21. The summed E-state index contributed by atoms with van der Waals surface area (Å²) in [6.07, 6.45) is 0.470. The number of anilines is 1. The van der Waals surface area contributed by atoms with E-state index in [0.717, 1.165) is 23.6 Å². The first-order valence-electron chi connectivity index (χ1n) is 6.55. The molecular formula is C14H20Cl2N2O2S. The third-order valence-electron chi connectivity index (χ3n) is 3.19. The molecule has 2 rings (SSSR count). The first-order chi connectivity index (χ1) is 9.60. The molecule has 2 N–H and O–H groups in total. The zero-order chi connectivity index (χ0) is 14.5. The van der Waals surface area contributed by atoms with Crippen molar-refractivity contribution in [2.24, 2.45) is 0 Å². The van der Waals surface area contributed by atoms with Gasteiger partial charge in [0, 0.05) is 41.6 Å². The molecule has 1 aliphatic rings. The summed E-state index contributed by atoms with van der Waals surface area (Å²) in [6.45, 7) is 2.86. The first-order valence-corrected chi connectivity index (χ1v) is 8.08. The molecule has 1 aromatic carbocycles. The molecule has 7 heteroatoms. The predicted molar refractivity (Wildman–Crippen MR) is 92.4 cm³/mol. The van der Waals surface area contributed by atoms with E-state index in [2.05, 4.69) is 10.6 Å². The largest absolute Gasteiger partial charge is 0.495 e. The van der Waals surface area contributed by atoms with E-state index in [1.54, 1.807) is 13.2 Å². The zero-order valence-corrected chi connectivity index (χ0v) is 14.5. The Balaban J connectivity index is 0.00000220. The summed E-state index contributed by atoms with van der Waals surface area (Å²) < 4.78 is 5.25. The van der Waals surface area contributed by atoms with Gasteiger partial charge < -0.3 is 15.4 Å². The van der Waals surface area contributed by atoms with E-state index >= 15 is 0 Å². The number of benzene rings is 1. The van der Waals surface area contributed by atoms with Crippen LogP contribution in [-0.2, 0) is 4.79 Å². The summed E-state index contributed by atoms with van der Waals surface area (Å²) in [5.41, 5.74) is 1.58. The van der Waals surface area contributed by atoms with Gasteiger partial charge in [-0.2, -0.15) is 11.8 Å². The van der Waals surface area contributed by atoms with Crippen molar-refractivity contribution in [2.45, 2.75) is 19.4 Å². The van der Waals surface area contributed by atoms with E-state index in [4.69, 9.17) is 16.3 Å². The van der Waals surface area contributed by atoms with Gasteiger partial charge in [-0.05, 0) is 18.6 Å². The lowest BCUT2D eigenvalue weighted by molar-refractivity contribution is -0.116. The van der Waals surface area contributed by atoms with Gasteiger partial charge in [-0.15, -0.1) is 12.4 Å². The second kappa shape index (κ2) is 8.73. The van der Waals surface area contributed by atoms with Crippen molar-refractivity contribution >= 4 is 47.4 Å². The third kappa shape index (κ3) is 5.25. The van der Waals surface area contributed by atoms with Crippen molar-refractivity contribution in [1.82, 2.24) is 5.32 Å². The molecule has 1 amide bonds. The van der Waals surface area contributed by atoms with Crippen molar-refractivity contribution in [3.8, 4) is 5.75 Å². The maximum atomic E-state index is 12.1. The molecule has 1 atom stereocenters. The number of methoxy groups -OCH3 is 1. The molecule has 0 radical (unpaired) electrons. The average Bonchev–Trinajstić information content (AvgIpc) is 2.43. The molecule has 118 valence electrons. The Labute approximate surface area is 140 Å². The van der Waals surface area contributed by atoms with Gasteiger partial charge in [0.2, 0.25) is 5.91 Å². The van der Waals surface area contributed by atoms with E-state index in [-0.39, 0.29) is 24.4 Å². The maximum absolute atomic E-state index is 12.1. The lowest BCUT2D eigenvalue weighted by Crippen LogP contribution is -2.39. The fraction of sp³-hybridized carbons (Fsp3) is 0.500. The number of carbonyl (C=O) groups is 1. The van der Waals surface area contributed by atoms with Gasteiger partial charge in [-0.3, -0.25) is 4.79 Å². The summed E-state index contributed by atoms with van der Waals surface area (Å²) >= 11 is 7.93. The van der Waals surface area contributed by atoms with Crippen LogP contribution in [0.15, 0.2) is 12.1 Å². The van der Waals surface area contributed by atoms with Crippen LogP contribution in [-0.4, -0.2) is 37.1 Å². The smallest absolute Gasteiger partial charge is 0.226 e. The van der Waals surface area contributed by atoms with Crippen LogP contribution in [0.25, 0.3) is 0 Å². The van der Waals surface area contributed by atoms with E-state index in [9.17, 15) is 4.79 Å². The lowest BCUT2D eigenvalue weighted by Gasteiger charge is -2.22.